The van der Waals surface area contributed by atoms with E-state index in [1.54, 1.807) is 26.0 Å². The molecule has 0 aliphatic rings. The topological polar surface area (TPSA) is 92.6 Å². The summed E-state index contributed by atoms with van der Waals surface area (Å²) in [5.41, 5.74) is 0.715. The van der Waals surface area contributed by atoms with Crippen molar-refractivity contribution in [1.29, 1.82) is 5.26 Å². The monoisotopic (exact) mass is 209 g/mol. The Morgan fingerprint density at radius 1 is 1.33 bits per heavy atom. The Hall–Kier alpha value is -1.86. The maximum Gasteiger partial charge on any atom is 0.305 e. The Bertz CT molecular complexity index is 314. The van der Waals surface area contributed by atoms with E-state index in [1.807, 2.05) is 24.3 Å². The average molecular weight is 209 g/mol. The van der Waals surface area contributed by atoms with Crippen LogP contribution < -0.4 is 0 Å². The second kappa shape index (κ2) is 8.73. The van der Waals surface area contributed by atoms with Gasteiger partial charge in [-0.05, 0) is 12.1 Å². The van der Waals surface area contributed by atoms with Gasteiger partial charge in [0.2, 0.25) is 0 Å². The van der Waals surface area contributed by atoms with E-state index in [9.17, 15) is 4.79 Å². The number of benzene rings is 1. The van der Waals surface area contributed by atoms with Gasteiger partial charge in [-0.1, -0.05) is 32.0 Å². The van der Waals surface area contributed by atoms with Gasteiger partial charge in [-0.15, -0.1) is 0 Å². The van der Waals surface area contributed by atoms with Gasteiger partial charge in [0.15, 0.2) is 0 Å². The normalized spacial score (nSPS) is 7.87. The minimum atomic E-state index is -0.741. The van der Waals surface area contributed by atoms with Crippen LogP contribution in [-0.2, 0) is 4.79 Å². The quantitative estimate of drug-likeness (QED) is 0.758. The number of nitrogens with zero attached hydrogens (tertiary/aromatic N) is 1. The lowest BCUT2D eigenvalue weighted by Gasteiger charge is -1.89. The standard InChI is InChI=1S/C7H5N.C4H8O2.H2O/c8-6-7-4-2-1-3-5-7;1-3(2)4(5)6;/h1-5H;3H,1-2H3,(H,5,6);1H2. The largest absolute Gasteiger partial charge is 0.481 e. The second-order valence-electron chi connectivity index (χ2n) is 2.97. The number of carboxylic acids is 1. The third-order valence-corrected chi connectivity index (χ3v) is 1.40. The molecule has 1 aromatic carbocycles. The van der Waals surface area contributed by atoms with Gasteiger partial charge in [0.1, 0.15) is 0 Å². The molecule has 0 atom stereocenters. The van der Waals surface area contributed by atoms with Gasteiger partial charge < -0.3 is 10.6 Å². The van der Waals surface area contributed by atoms with Crippen LogP contribution in [0.15, 0.2) is 30.3 Å². The molecule has 4 heteroatoms. The van der Waals surface area contributed by atoms with Crippen molar-refractivity contribution in [2.24, 2.45) is 5.92 Å². The van der Waals surface area contributed by atoms with Gasteiger partial charge in [0, 0.05) is 0 Å². The maximum atomic E-state index is 9.70. The first-order valence-corrected chi connectivity index (χ1v) is 4.26. The highest BCUT2D eigenvalue weighted by atomic mass is 16.4. The minimum Gasteiger partial charge on any atom is -0.481 e. The molecule has 0 amide bonds. The van der Waals surface area contributed by atoms with Crippen molar-refractivity contribution in [1.82, 2.24) is 0 Å². The molecule has 0 saturated heterocycles. The number of aliphatic carboxylic acids is 1. The Balaban J connectivity index is 0. The molecule has 0 radical (unpaired) electrons. The molecular formula is C11H15NO3. The van der Waals surface area contributed by atoms with Crippen molar-refractivity contribution in [3.8, 4) is 6.07 Å². The van der Waals surface area contributed by atoms with Crippen LogP contribution in [0.4, 0.5) is 0 Å². The molecule has 0 spiro atoms. The van der Waals surface area contributed by atoms with Crippen LogP contribution in [-0.4, -0.2) is 16.6 Å². The van der Waals surface area contributed by atoms with E-state index in [0.717, 1.165) is 0 Å². The number of carbonyl (C=O) groups is 1. The molecule has 0 aliphatic carbocycles. The van der Waals surface area contributed by atoms with E-state index in [-0.39, 0.29) is 11.4 Å². The number of hydrogen-bond donors (Lipinski definition) is 1. The summed E-state index contributed by atoms with van der Waals surface area (Å²) >= 11 is 0. The molecule has 1 rings (SSSR count). The molecule has 3 N–H and O–H groups in total. The fraction of sp³-hybridized carbons (Fsp3) is 0.273. The zero-order valence-corrected chi connectivity index (χ0v) is 8.77. The number of carboxylic acid groups (broad SMARTS) is 1. The highest BCUT2D eigenvalue weighted by Gasteiger charge is 1.99. The van der Waals surface area contributed by atoms with Crippen LogP contribution in [0.25, 0.3) is 0 Å². The molecule has 0 saturated carbocycles. The molecule has 0 fully saturated rings. The summed E-state index contributed by atoms with van der Waals surface area (Å²) in [5, 5.41) is 16.3. The zero-order valence-electron chi connectivity index (χ0n) is 8.77. The van der Waals surface area contributed by atoms with Crippen LogP contribution >= 0.6 is 0 Å². The molecule has 0 aliphatic heterocycles. The van der Waals surface area contributed by atoms with Crippen LogP contribution in [0, 0.1) is 17.2 Å². The van der Waals surface area contributed by atoms with Gasteiger partial charge in [0.25, 0.3) is 0 Å². The molecule has 82 valence electrons. The van der Waals surface area contributed by atoms with Gasteiger partial charge in [-0.25, -0.2) is 0 Å². The van der Waals surface area contributed by atoms with E-state index in [1.165, 1.54) is 0 Å². The maximum absolute atomic E-state index is 9.70. The van der Waals surface area contributed by atoms with Gasteiger partial charge in [-0.2, -0.15) is 5.26 Å². The van der Waals surface area contributed by atoms with E-state index >= 15 is 0 Å². The third kappa shape index (κ3) is 8.47. The molecular weight excluding hydrogens is 194 g/mol. The fourth-order valence-electron chi connectivity index (χ4n) is 0.513. The van der Waals surface area contributed by atoms with Gasteiger partial charge >= 0.3 is 5.97 Å². The summed E-state index contributed by atoms with van der Waals surface area (Å²) in [5.74, 6) is -0.972. The highest BCUT2D eigenvalue weighted by Crippen LogP contribution is 1.93. The molecule has 1 aromatic rings. The third-order valence-electron chi connectivity index (χ3n) is 1.40. The van der Waals surface area contributed by atoms with Crippen molar-refractivity contribution in [3.63, 3.8) is 0 Å². The summed E-state index contributed by atoms with van der Waals surface area (Å²) in [6.07, 6.45) is 0. The van der Waals surface area contributed by atoms with Crippen LogP contribution in [0.2, 0.25) is 0 Å². The number of rotatable bonds is 1. The smallest absolute Gasteiger partial charge is 0.305 e. The van der Waals surface area contributed by atoms with Crippen molar-refractivity contribution in [2.75, 3.05) is 0 Å². The molecule has 0 unspecified atom stereocenters. The van der Waals surface area contributed by atoms with E-state index in [2.05, 4.69) is 0 Å². The fourth-order valence-corrected chi connectivity index (χ4v) is 0.513. The number of hydrogen-bond acceptors (Lipinski definition) is 2. The van der Waals surface area contributed by atoms with Gasteiger partial charge in [-0.3, -0.25) is 4.79 Å². The minimum absolute atomic E-state index is 0. The summed E-state index contributed by atoms with van der Waals surface area (Å²) < 4.78 is 0. The summed E-state index contributed by atoms with van der Waals surface area (Å²) in [7, 11) is 0. The highest BCUT2D eigenvalue weighted by molar-refractivity contribution is 5.68. The lowest BCUT2D eigenvalue weighted by molar-refractivity contribution is -0.140. The summed E-state index contributed by atoms with van der Waals surface area (Å²) in [4.78, 5) is 9.70. The molecule has 0 heterocycles. The molecule has 4 nitrogen and oxygen atoms in total. The first kappa shape index (κ1) is 15.6. The van der Waals surface area contributed by atoms with E-state index < -0.39 is 5.97 Å². The van der Waals surface area contributed by atoms with Crippen molar-refractivity contribution >= 4 is 5.97 Å². The zero-order chi connectivity index (χ0) is 11.0. The summed E-state index contributed by atoms with van der Waals surface area (Å²) in [6, 6.07) is 11.2. The summed E-state index contributed by atoms with van der Waals surface area (Å²) in [6.45, 7) is 3.28. The van der Waals surface area contributed by atoms with Crippen molar-refractivity contribution < 1.29 is 15.4 Å². The Labute approximate surface area is 89.1 Å². The number of nitriles is 1. The lowest BCUT2D eigenvalue weighted by atomic mass is 10.2. The SMILES string of the molecule is CC(C)C(=O)O.N#Cc1ccccc1.O. The predicted molar refractivity (Wildman–Crippen MR) is 57.2 cm³/mol. The molecule has 15 heavy (non-hydrogen) atoms. The van der Waals surface area contributed by atoms with E-state index in [0.29, 0.717) is 5.56 Å². The Morgan fingerprint density at radius 2 is 1.73 bits per heavy atom. The van der Waals surface area contributed by atoms with Crippen LogP contribution in [0.1, 0.15) is 19.4 Å². The van der Waals surface area contributed by atoms with Crippen LogP contribution in [0.5, 0.6) is 0 Å². The first-order valence-electron chi connectivity index (χ1n) is 4.26. The van der Waals surface area contributed by atoms with Crippen LogP contribution in [0.3, 0.4) is 0 Å². The Morgan fingerprint density at radius 3 is 1.93 bits per heavy atom. The van der Waals surface area contributed by atoms with E-state index in [4.69, 9.17) is 10.4 Å². The Kier molecular flexibility index (Phi) is 9.08. The predicted octanol–water partition coefficient (Wildman–Crippen LogP) is 1.46. The van der Waals surface area contributed by atoms with Crippen molar-refractivity contribution in [3.05, 3.63) is 35.9 Å². The van der Waals surface area contributed by atoms with Crippen molar-refractivity contribution in [2.45, 2.75) is 13.8 Å². The lowest BCUT2D eigenvalue weighted by Crippen LogP contribution is -2.03. The second-order valence-corrected chi connectivity index (χ2v) is 2.97. The average Bonchev–Trinajstić information content (AvgIpc) is 2.20. The molecule has 0 bridgehead atoms. The molecule has 0 aromatic heterocycles. The first-order chi connectivity index (χ1) is 6.57. The van der Waals surface area contributed by atoms with Gasteiger partial charge in [0.05, 0.1) is 17.6 Å².